The molecule has 0 radical (unpaired) electrons. The van der Waals surface area contributed by atoms with Crippen LogP contribution in [0.5, 0.6) is 0 Å². The van der Waals surface area contributed by atoms with Crippen molar-refractivity contribution in [2.75, 3.05) is 13.2 Å². The van der Waals surface area contributed by atoms with E-state index in [4.69, 9.17) is 21.1 Å². The Hall–Kier alpha value is -0.570. The van der Waals surface area contributed by atoms with Gasteiger partial charge in [0.05, 0.1) is 13.2 Å². The third-order valence-electron chi connectivity index (χ3n) is 3.18. The van der Waals surface area contributed by atoms with Crippen LogP contribution in [0.25, 0.3) is 0 Å². The lowest BCUT2D eigenvalue weighted by atomic mass is 10.2. The highest BCUT2D eigenvalue weighted by Gasteiger charge is 2.12. The first-order chi connectivity index (χ1) is 9.77. The molecule has 0 amide bonds. The summed E-state index contributed by atoms with van der Waals surface area (Å²) in [5.41, 5.74) is 1.04. The second-order valence-corrected chi connectivity index (χ2v) is 5.48. The normalized spacial score (nSPS) is 11.2. The Kier molecular flexibility index (Phi) is 9.73. The molecule has 1 aromatic carbocycles. The zero-order valence-electron chi connectivity index (χ0n) is 12.7. The summed E-state index contributed by atoms with van der Waals surface area (Å²) in [6, 6.07) is 7.72. The summed E-state index contributed by atoms with van der Waals surface area (Å²) >= 11 is 5.93. The standard InChI is InChI=1S/C17H27ClO2/c1-3-5-7-13-19-17(20-14-8-6-4-2)15-9-11-16(18)12-10-15/h9-12,17H,3-8,13-14H2,1-2H3. The van der Waals surface area contributed by atoms with Crippen molar-refractivity contribution in [3.05, 3.63) is 34.9 Å². The van der Waals surface area contributed by atoms with Crippen molar-refractivity contribution in [1.82, 2.24) is 0 Å². The maximum atomic E-state index is 5.93. The van der Waals surface area contributed by atoms with E-state index >= 15 is 0 Å². The van der Waals surface area contributed by atoms with Gasteiger partial charge in [-0.25, -0.2) is 0 Å². The zero-order valence-corrected chi connectivity index (χ0v) is 13.5. The number of unbranched alkanes of at least 4 members (excludes halogenated alkanes) is 4. The van der Waals surface area contributed by atoms with E-state index in [0.29, 0.717) is 0 Å². The van der Waals surface area contributed by atoms with Gasteiger partial charge in [0, 0.05) is 10.6 Å². The van der Waals surface area contributed by atoms with Crippen LogP contribution in [0.4, 0.5) is 0 Å². The van der Waals surface area contributed by atoms with E-state index in [1.807, 2.05) is 24.3 Å². The molecule has 0 unspecified atom stereocenters. The van der Waals surface area contributed by atoms with Crippen LogP contribution in [0.3, 0.4) is 0 Å². The number of ether oxygens (including phenoxy) is 2. The van der Waals surface area contributed by atoms with Crippen molar-refractivity contribution >= 4 is 11.6 Å². The molecule has 0 saturated heterocycles. The van der Waals surface area contributed by atoms with E-state index < -0.39 is 0 Å². The third-order valence-corrected chi connectivity index (χ3v) is 3.43. The maximum absolute atomic E-state index is 5.93. The molecule has 0 heterocycles. The predicted octanol–water partition coefficient (Wildman–Crippen LogP) is 5.75. The van der Waals surface area contributed by atoms with Crippen LogP contribution in [-0.4, -0.2) is 13.2 Å². The van der Waals surface area contributed by atoms with Gasteiger partial charge < -0.3 is 9.47 Å². The van der Waals surface area contributed by atoms with Gasteiger partial charge in [-0.2, -0.15) is 0 Å². The second-order valence-electron chi connectivity index (χ2n) is 5.04. The number of benzene rings is 1. The Morgan fingerprint density at radius 1 is 0.850 bits per heavy atom. The smallest absolute Gasteiger partial charge is 0.183 e. The molecule has 0 aliphatic heterocycles. The largest absolute Gasteiger partial charge is 0.348 e. The van der Waals surface area contributed by atoms with Crippen LogP contribution < -0.4 is 0 Å². The van der Waals surface area contributed by atoms with Crippen LogP contribution in [-0.2, 0) is 9.47 Å². The summed E-state index contributed by atoms with van der Waals surface area (Å²) in [6.07, 6.45) is 6.70. The minimum Gasteiger partial charge on any atom is -0.348 e. The highest BCUT2D eigenvalue weighted by atomic mass is 35.5. The van der Waals surface area contributed by atoms with Gasteiger partial charge in [-0.3, -0.25) is 0 Å². The van der Waals surface area contributed by atoms with Crippen LogP contribution in [0.1, 0.15) is 64.2 Å². The van der Waals surface area contributed by atoms with Gasteiger partial charge in [0.15, 0.2) is 6.29 Å². The van der Waals surface area contributed by atoms with Crippen molar-refractivity contribution in [3.8, 4) is 0 Å². The Balaban J connectivity index is 2.47. The van der Waals surface area contributed by atoms with Gasteiger partial charge in [0.1, 0.15) is 0 Å². The molecule has 114 valence electrons. The Morgan fingerprint density at radius 2 is 1.35 bits per heavy atom. The molecule has 0 aliphatic rings. The second kappa shape index (κ2) is 11.1. The first-order valence-corrected chi connectivity index (χ1v) is 8.14. The van der Waals surface area contributed by atoms with Crippen molar-refractivity contribution in [2.45, 2.75) is 58.7 Å². The molecule has 3 heteroatoms. The molecule has 0 fully saturated rings. The van der Waals surface area contributed by atoms with E-state index in [0.717, 1.165) is 36.6 Å². The molecule has 0 aliphatic carbocycles. The minimum absolute atomic E-state index is 0.263. The van der Waals surface area contributed by atoms with E-state index in [-0.39, 0.29) is 6.29 Å². The Labute approximate surface area is 128 Å². The van der Waals surface area contributed by atoms with E-state index in [9.17, 15) is 0 Å². The van der Waals surface area contributed by atoms with Gasteiger partial charge in [-0.1, -0.05) is 63.3 Å². The average molecular weight is 299 g/mol. The molecule has 0 atom stereocenters. The molecular weight excluding hydrogens is 272 g/mol. The summed E-state index contributed by atoms with van der Waals surface area (Å²) in [4.78, 5) is 0. The summed E-state index contributed by atoms with van der Waals surface area (Å²) < 4.78 is 11.8. The molecule has 0 spiro atoms. The van der Waals surface area contributed by atoms with Gasteiger partial charge in [-0.05, 0) is 25.0 Å². The highest BCUT2D eigenvalue weighted by molar-refractivity contribution is 6.30. The molecule has 20 heavy (non-hydrogen) atoms. The highest BCUT2D eigenvalue weighted by Crippen LogP contribution is 2.22. The Morgan fingerprint density at radius 3 is 1.80 bits per heavy atom. The topological polar surface area (TPSA) is 18.5 Å². The third kappa shape index (κ3) is 7.28. The van der Waals surface area contributed by atoms with E-state index in [2.05, 4.69) is 13.8 Å². The van der Waals surface area contributed by atoms with Crippen LogP contribution in [0.2, 0.25) is 5.02 Å². The first kappa shape index (κ1) is 17.5. The summed E-state index contributed by atoms with van der Waals surface area (Å²) in [7, 11) is 0. The fourth-order valence-electron chi connectivity index (χ4n) is 1.95. The number of hydrogen-bond acceptors (Lipinski definition) is 2. The van der Waals surface area contributed by atoms with Gasteiger partial charge >= 0.3 is 0 Å². The van der Waals surface area contributed by atoms with Crippen molar-refractivity contribution in [3.63, 3.8) is 0 Å². The van der Waals surface area contributed by atoms with Crippen molar-refractivity contribution < 1.29 is 9.47 Å². The molecule has 0 N–H and O–H groups in total. The number of halogens is 1. The minimum atomic E-state index is -0.263. The van der Waals surface area contributed by atoms with Crippen molar-refractivity contribution in [2.24, 2.45) is 0 Å². The fraction of sp³-hybridized carbons (Fsp3) is 0.647. The number of rotatable bonds is 11. The SMILES string of the molecule is CCCCCOC(OCCCCC)c1ccc(Cl)cc1. The van der Waals surface area contributed by atoms with Crippen LogP contribution in [0, 0.1) is 0 Å². The average Bonchev–Trinajstić information content (AvgIpc) is 2.47. The lowest BCUT2D eigenvalue weighted by molar-refractivity contribution is -0.148. The molecule has 0 saturated carbocycles. The van der Waals surface area contributed by atoms with Gasteiger partial charge in [-0.15, -0.1) is 0 Å². The quantitative estimate of drug-likeness (QED) is 0.382. The van der Waals surface area contributed by atoms with Gasteiger partial charge in [0.25, 0.3) is 0 Å². The van der Waals surface area contributed by atoms with Crippen LogP contribution in [0.15, 0.2) is 24.3 Å². The molecular formula is C17H27ClO2. The first-order valence-electron chi connectivity index (χ1n) is 7.76. The van der Waals surface area contributed by atoms with Crippen molar-refractivity contribution in [1.29, 1.82) is 0 Å². The lowest BCUT2D eigenvalue weighted by Crippen LogP contribution is -2.11. The van der Waals surface area contributed by atoms with E-state index in [1.165, 1.54) is 25.7 Å². The summed E-state index contributed by atoms with van der Waals surface area (Å²) in [5.74, 6) is 0. The summed E-state index contributed by atoms with van der Waals surface area (Å²) in [6.45, 7) is 5.87. The maximum Gasteiger partial charge on any atom is 0.183 e. The lowest BCUT2D eigenvalue weighted by Gasteiger charge is -2.19. The Bertz CT molecular complexity index is 325. The van der Waals surface area contributed by atoms with Gasteiger partial charge in [0.2, 0.25) is 0 Å². The number of hydrogen-bond donors (Lipinski definition) is 0. The molecule has 0 bridgehead atoms. The van der Waals surface area contributed by atoms with E-state index in [1.54, 1.807) is 0 Å². The monoisotopic (exact) mass is 298 g/mol. The fourth-order valence-corrected chi connectivity index (χ4v) is 2.07. The molecule has 0 aromatic heterocycles. The summed E-state index contributed by atoms with van der Waals surface area (Å²) in [5, 5.41) is 0.740. The molecule has 1 rings (SSSR count). The molecule has 2 nitrogen and oxygen atoms in total. The predicted molar refractivity (Wildman–Crippen MR) is 85.1 cm³/mol. The van der Waals surface area contributed by atoms with Crippen LogP contribution >= 0.6 is 11.6 Å². The zero-order chi connectivity index (χ0) is 14.6. The molecule has 1 aromatic rings.